The Hall–Kier alpha value is -2.85. The third kappa shape index (κ3) is 3.09. The van der Waals surface area contributed by atoms with Gasteiger partial charge in [0.05, 0.1) is 24.6 Å². The maximum absolute atomic E-state index is 5.51. The van der Waals surface area contributed by atoms with Crippen LogP contribution in [0.1, 0.15) is 22.4 Å². The molecule has 118 valence electrons. The smallest absolute Gasteiger partial charge is 0.175 e. The number of nitrogens with zero attached hydrogens (tertiary/aromatic N) is 3. The Bertz CT molecular complexity index is 819. The quantitative estimate of drug-likeness (QED) is 0.692. The molecule has 4 heteroatoms. The van der Waals surface area contributed by atoms with E-state index in [0.29, 0.717) is 19.0 Å². The Morgan fingerprint density at radius 1 is 0.875 bits per heavy atom. The SMILES string of the molecule is c1ccc(C(=Nc2cc3c(nn2)CCOC3)c2ccccc2)cc1. The normalized spacial score (nSPS) is 13.2. The summed E-state index contributed by atoms with van der Waals surface area (Å²) in [7, 11) is 0. The van der Waals surface area contributed by atoms with E-state index in [1.807, 2.05) is 42.5 Å². The molecule has 0 amide bonds. The van der Waals surface area contributed by atoms with E-state index >= 15 is 0 Å². The van der Waals surface area contributed by atoms with Gasteiger partial charge in [0.1, 0.15) is 0 Å². The zero-order chi connectivity index (χ0) is 16.2. The summed E-state index contributed by atoms with van der Waals surface area (Å²) in [6.45, 7) is 1.29. The predicted octanol–water partition coefficient (Wildman–Crippen LogP) is 3.72. The number of hydrogen-bond donors (Lipinski definition) is 0. The Balaban J connectivity index is 1.80. The van der Waals surface area contributed by atoms with Gasteiger partial charge in [-0.05, 0) is 6.07 Å². The van der Waals surface area contributed by atoms with Crippen LogP contribution in [0.25, 0.3) is 0 Å². The third-order valence-corrected chi connectivity index (χ3v) is 4.01. The summed E-state index contributed by atoms with van der Waals surface area (Å²) in [5.41, 5.74) is 5.10. The minimum Gasteiger partial charge on any atom is -0.376 e. The second kappa shape index (κ2) is 6.72. The van der Waals surface area contributed by atoms with Gasteiger partial charge in [0, 0.05) is 23.1 Å². The molecule has 0 N–H and O–H groups in total. The van der Waals surface area contributed by atoms with Crippen LogP contribution >= 0.6 is 0 Å². The number of aromatic nitrogens is 2. The standard InChI is InChI=1S/C20H17N3O/c1-3-7-15(8-4-1)20(16-9-5-2-6-10-16)21-19-13-17-14-24-12-11-18(17)22-23-19/h1-10,13H,11-12,14H2. The summed E-state index contributed by atoms with van der Waals surface area (Å²) in [6.07, 6.45) is 0.816. The van der Waals surface area contributed by atoms with E-state index in [1.54, 1.807) is 0 Å². The summed E-state index contributed by atoms with van der Waals surface area (Å²) in [5, 5.41) is 8.61. The highest BCUT2D eigenvalue weighted by atomic mass is 16.5. The minimum atomic E-state index is 0.583. The molecule has 4 rings (SSSR count). The lowest BCUT2D eigenvalue weighted by molar-refractivity contribution is 0.109. The van der Waals surface area contributed by atoms with Gasteiger partial charge in [-0.25, -0.2) is 4.99 Å². The third-order valence-electron chi connectivity index (χ3n) is 4.01. The fraction of sp³-hybridized carbons (Fsp3) is 0.150. The number of benzene rings is 2. The van der Waals surface area contributed by atoms with E-state index in [9.17, 15) is 0 Å². The Labute approximate surface area is 140 Å². The molecule has 0 atom stereocenters. The van der Waals surface area contributed by atoms with Crippen LogP contribution in [0.15, 0.2) is 71.7 Å². The van der Waals surface area contributed by atoms with Gasteiger partial charge in [0.15, 0.2) is 5.82 Å². The van der Waals surface area contributed by atoms with Crippen LogP contribution in [0.5, 0.6) is 0 Å². The van der Waals surface area contributed by atoms with Gasteiger partial charge in [0.25, 0.3) is 0 Å². The van der Waals surface area contributed by atoms with Crippen molar-refractivity contribution in [2.24, 2.45) is 4.99 Å². The molecule has 0 saturated carbocycles. The first kappa shape index (κ1) is 14.7. The first-order valence-corrected chi connectivity index (χ1v) is 8.03. The highest BCUT2D eigenvalue weighted by molar-refractivity contribution is 6.13. The summed E-state index contributed by atoms with van der Waals surface area (Å²) in [6, 6.07) is 22.3. The van der Waals surface area contributed by atoms with Crippen LogP contribution in [-0.2, 0) is 17.8 Å². The number of hydrogen-bond acceptors (Lipinski definition) is 4. The van der Waals surface area contributed by atoms with Gasteiger partial charge < -0.3 is 4.74 Å². The Morgan fingerprint density at radius 2 is 1.54 bits per heavy atom. The molecule has 0 fully saturated rings. The average molecular weight is 315 g/mol. The topological polar surface area (TPSA) is 47.4 Å². The van der Waals surface area contributed by atoms with Crippen LogP contribution in [0.3, 0.4) is 0 Å². The fourth-order valence-corrected chi connectivity index (χ4v) is 2.79. The van der Waals surface area contributed by atoms with Crippen molar-refractivity contribution in [2.75, 3.05) is 6.61 Å². The lowest BCUT2D eigenvalue weighted by atomic mass is 10.0. The van der Waals surface area contributed by atoms with Crippen LogP contribution in [-0.4, -0.2) is 22.5 Å². The van der Waals surface area contributed by atoms with Crippen molar-refractivity contribution in [3.63, 3.8) is 0 Å². The molecule has 0 spiro atoms. The predicted molar refractivity (Wildman–Crippen MR) is 93.6 cm³/mol. The molecule has 0 radical (unpaired) electrons. The van der Waals surface area contributed by atoms with E-state index < -0.39 is 0 Å². The van der Waals surface area contributed by atoms with Gasteiger partial charge in [-0.1, -0.05) is 60.7 Å². The Kier molecular flexibility index (Phi) is 4.13. The lowest BCUT2D eigenvalue weighted by Gasteiger charge is -2.14. The minimum absolute atomic E-state index is 0.583. The number of ether oxygens (including phenoxy) is 1. The molecule has 0 unspecified atom stereocenters. The number of aliphatic imine (C=N–C) groups is 1. The lowest BCUT2D eigenvalue weighted by Crippen LogP contribution is -2.12. The van der Waals surface area contributed by atoms with Crippen molar-refractivity contribution < 1.29 is 4.74 Å². The van der Waals surface area contributed by atoms with Gasteiger partial charge in [0.2, 0.25) is 0 Å². The highest BCUT2D eigenvalue weighted by Crippen LogP contribution is 2.21. The highest BCUT2D eigenvalue weighted by Gasteiger charge is 2.13. The van der Waals surface area contributed by atoms with E-state index in [4.69, 9.17) is 9.73 Å². The van der Waals surface area contributed by atoms with Crippen molar-refractivity contribution in [3.8, 4) is 0 Å². The summed E-state index contributed by atoms with van der Waals surface area (Å²) in [5.74, 6) is 0.613. The maximum Gasteiger partial charge on any atom is 0.175 e. The first-order chi connectivity index (χ1) is 11.9. The molecule has 1 aliphatic rings. The van der Waals surface area contributed by atoms with E-state index in [2.05, 4.69) is 34.5 Å². The summed E-state index contributed by atoms with van der Waals surface area (Å²) in [4.78, 5) is 4.79. The Morgan fingerprint density at radius 3 is 2.21 bits per heavy atom. The van der Waals surface area contributed by atoms with E-state index in [-0.39, 0.29) is 0 Å². The molecule has 0 aliphatic carbocycles. The molecule has 0 bridgehead atoms. The molecule has 4 nitrogen and oxygen atoms in total. The first-order valence-electron chi connectivity index (χ1n) is 8.03. The largest absolute Gasteiger partial charge is 0.376 e. The zero-order valence-electron chi connectivity index (χ0n) is 13.2. The molecule has 1 aromatic heterocycles. The zero-order valence-corrected chi connectivity index (χ0v) is 13.2. The number of rotatable bonds is 3. The second-order valence-electron chi connectivity index (χ2n) is 5.67. The summed E-state index contributed by atoms with van der Waals surface area (Å²) < 4.78 is 5.51. The van der Waals surface area contributed by atoms with Gasteiger partial charge in [-0.2, -0.15) is 5.10 Å². The molecule has 3 aromatic rings. The average Bonchev–Trinajstić information content (AvgIpc) is 2.67. The maximum atomic E-state index is 5.51. The van der Waals surface area contributed by atoms with Gasteiger partial charge >= 0.3 is 0 Å². The van der Waals surface area contributed by atoms with Crippen LogP contribution in [0.2, 0.25) is 0 Å². The van der Waals surface area contributed by atoms with Crippen molar-refractivity contribution in [1.29, 1.82) is 0 Å². The molecular weight excluding hydrogens is 298 g/mol. The molecule has 2 aromatic carbocycles. The van der Waals surface area contributed by atoms with Crippen LogP contribution in [0, 0.1) is 0 Å². The monoisotopic (exact) mass is 315 g/mol. The van der Waals surface area contributed by atoms with Gasteiger partial charge in [-0.15, -0.1) is 5.10 Å². The van der Waals surface area contributed by atoms with Crippen molar-refractivity contribution in [2.45, 2.75) is 13.0 Å². The van der Waals surface area contributed by atoms with E-state index in [0.717, 1.165) is 34.5 Å². The van der Waals surface area contributed by atoms with E-state index in [1.165, 1.54) is 0 Å². The van der Waals surface area contributed by atoms with Crippen molar-refractivity contribution >= 4 is 11.5 Å². The molecule has 1 aliphatic heterocycles. The molecular formula is C20H17N3O. The van der Waals surface area contributed by atoms with Gasteiger partial charge in [-0.3, -0.25) is 0 Å². The molecule has 24 heavy (non-hydrogen) atoms. The van der Waals surface area contributed by atoms with Crippen molar-refractivity contribution in [1.82, 2.24) is 10.2 Å². The fourth-order valence-electron chi connectivity index (χ4n) is 2.79. The second-order valence-corrected chi connectivity index (χ2v) is 5.67. The van der Waals surface area contributed by atoms with Crippen LogP contribution < -0.4 is 0 Å². The van der Waals surface area contributed by atoms with Crippen LogP contribution in [0.4, 0.5) is 5.82 Å². The van der Waals surface area contributed by atoms with Crippen molar-refractivity contribution in [3.05, 3.63) is 89.1 Å². The number of fused-ring (bicyclic) bond motifs is 1. The summed E-state index contributed by atoms with van der Waals surface area (Å²) >= 11 is 0. The molecule has 2 heterocycles. The molecule has 0 saturated heterocycles.